The molecule has 18 heavy (non-hydrogen) atoms. The van der Waals surface area contributed by atoms with Gasteiger partial charge in [0.15, 0.2) is 0 Å². The molecule has 0 saturated carbocycles. The van der Waals surface area contributed by atoms with Crippen molar-refractivity contribution in [1.82, 2.24) is 4.90 Å². The number of ether oxygens (including phenoxy) is 1. The Morgan fingerprint density at radius 2 is 2.17 bits per heavy atom. The normalized spacial score (nSPS) is 22.7. The highest BCUT2D eigenvalue weighted by molar-refractivity contribution is 6.30. The smallest absolute Gasteiger partial charge is 0.320 e. The van der Waals surface area contributed by atoms with Gasteiger partial charge in [-0.2, -0.15) is 0 Å². The molecule has 1 aliphatic rings. The minimum atomic E-state index is -0.799. The molecule has 2 rings (SSSR count). The van der Waals surface area contributed by atoms with Gasteiger partial charge in [-0.1, -0.05) is 23.7 Å². The highest BCUT2D eigenvalue weighted by atomic mass is 35.5. The van der Waals surface area contributed by atoms with E-state index >= 15 is 0 Å². The van der Waals surface area contributed by atoms with E-state index in [2.05, 4.69) is 0 Å². The Labute approximate surface area is 111 Å². The van der Waals surface area contributed by atoms with Crippen LogP contribution in [0.5, 0.6) is 0 Å². The highest BCUT2D eigenvalue weighted by Gasteiger charge is 2.28. The Hall–Kier alpha value is -1.10. The van der Waals surface area contributed by atoms with Crippen molar-refractivity contribution in [3.05, 3.63) is 34.9 Å². The SMILES string of the molecule is C[C@@H](C(=O)O)N1CCO[C@H](c2ccc(Cl)cc2)C1. The molecule has 4 nitrogen and oxygen atoms in total. The van der Waals surface area contributed by atoms with Crippen LogP contribution in [0.3, 0.4) is 0 Å². The van der Waals surface area contributed by atoms with Gasteiger partial charge in [-0.25, -0.2) is 0 Å². The molecule has 1 N–H and O–H groups in total. The van der Waals surface area contributed by atoms with Gasteiger partial charge < -0.3 is 9.84 Å². The molecule has 1 aliphatic heterocycles. The molecule has 0 unspecified atom stereocenters. The second-order valence-electron chi connectivity index (χ2n) is 4.42. The van der Waals surface area contributed by atoms with Crippen molar-refractivity contribution in [2.24, 2.45) is 0 Å². The third kappa shape index (κ3) is 3.02. The molecule has 98 valence electrons. The molecule has 0 radical (unpaired) electrons. The van der Waals surface area contributed by atoms with Crippen LogP contribution in [0.4, 0.5) is 0 Å². The number of morpholine rings is 1. The number of rotatable bonds is 3. The molecule has 2 atom stereocenters. The first-order valence-electron chi connectivity index (χ1n) is 5.92. The van der Waals surface area contributed by atoms with Gasteiger partial charge in [-0.3, -0.25) is 9.69 Å². The van der Waals surface area contributed by atoms with Crippen LogP contribution in [-0.2, 0) is 9.53 Å². The first kappa shape index (κ1) is 13.3. The van der Waals surface area contributed by atoms with Gasteiger partial charge >= 0.3 is 5.97 Å². The van der Waals surface area contributed by atoms with Gasteiger partial charge in [0.05, 0.1) is 12.7 Å². The zero-order valence-electron chi connectivity index (χ0n) is 10.2. The number of benzene rings is 1. The van der Waals surface area contributed by atoms with Crippen LogP contribution in [0.2, 0.25) is 5.02 Å². The summed E-state index contributed by atoms with van der Waals surface area (Å²) in [6.07, 6.45) is -0.0854. The van der Waals surface area contributed by atoms with Crippen molar-refractivity contribution in [1.29, 1.82) is 0 Å². The highest BCUT2D eigenvalue weighted by Crippen LogP contribution is 2.24. The minimum Gasteiger partial charge on any atom is -0.480 e. The number of halogens is 1. The number of carboxylic acid groups (broad SMARTS) is 1. The molecule has 1 fully saturated rings. The van der Waals surface area contributed by atoms with Crippen molar-refractivity contribution in [2.45, 2.75) is 19.1 Å². The zero-order valence-corrected chi connectivity index (χ0v) is 10.9. The summed E-state index contributed by atoms with van der Waals surface area (Å²) in [4.78, 5) is 12.9. The molecule has 1 aromatic carbocycles. The van der Waals surface area contributed by atoms with Crippen molar-refractivity contribution >= 4 is 17.6 Å². The fourth-order valence-corrected chi connectivity index (χ4v) is 2.18. The zero-order chi connectivity index (χ0) is 13.1. The Kier molecular flexibility index (Phi) is 4.22. The van der Waals surface area contributed by atoms with Crippen molar-refractivity contribution in [3.63, 3.8) is 0 Å². The number of carboxylic acids is 1. The maximum absolute atomic E-state index is 11.0. The van der Waals surface area contributed by atoms with E-state index in [0.29, 0.717) is 24.7 Å². The van der Waals surface area contributed by atoms with Crippen LogP contribution < -0.4 is 0 Å². The molecule has 5 heteroatoms. The van der Waals surface area contributed by atoms with Gasteiger partial charge in [-0.05, 0) is 24.6 Å². The summed E-state index contributed by atoms with van der Waals surface area (Å²) < 4.78 is 5.69. The first-order valence-corrected chi connectivity index (χ1v) is 6.29. The summed E-state index contributed by atoms with van der Waals surface area (Å²) in [6.45, 7) is 3.49. The Balaban J connectivity index is 2.06. The Morgan fingerprint density at radius 3 is 2.78 bits per heavy atom. The van der Waals surface area contributed by atoms with E-state index in [4.69, 9.17) is 21.4 Å². The third-order valence-corrected chi connectivity index (χ3v) is 3.50. The Morgan fingerprint density at radius 1 is 1.50 bits per heavy atom. The van der Waals surface area contributed by atoms with Crippen LogP contribution in [0.25, 0.3) is 0 Å². The largest absolute Gasteiger partial charge is 0.480 e. The van der Waals surface area contributed by atoms with E-state index in [1.165, 1.54) is 0 Å². The van der Waals surface area contributed by atoms with Crippen LogP contribution in [0, 0.1) is 0 Å². The van der Waals surface area contributed by atoms with Crippen molar-refractivity contribution < 1.29 is 14.6 Å². The number of aliphatic carboxylic acids is 1. The molecular formula is C13H16ClNO3. The topological polar surface area (TPSA) is 49.8 Å². The Bertz CT molecular complexity index is 421. The molecule has 0 aromatic heterocycles. The molecular weight excluding hydrogens is 254 g/mol. The fourth-order valence-electron chi connectivity index (χ4n) is 2.06. The molecule has 0 spiro atoms. The average Bonchev–Trinajstić information content (AvgIpc) is 2.38. The van der Waals surface area contributed by atoms with E-state index in [0.717, 1.165) is 5.56 Å². The van der Waals surface area contributed by atoms with E-state index in [1.54, 1.807) is 6.92 Å². The van der Waals surface area contributed by atoms with Crippen molar-refractivity contribution in [3.8, 4) is 0 Å². The van der Waals surface area contributed by atoms with Crippen LogP contribution in [-0.4, -0.2) is 41.7 Å². The molecule has 0 aliphatic carbocycles. The number of nitrogens with zero attached hydrogens (tertiary/aromatic N) is 1. The van der Waals surface area contributed by atoms with Crippen LogP contribution in [0.15, 0.2) is 24.3 Å². The second-order valence-corrected chi connectivity index (χ2v) is 4.86. The summed E-state index contributed by atoms with van der Waals surface area (Å²) in [6, 6.07) is 6.99. The standard InChI is InChI=1S/C13H16ClNO3/c1-9(13(16)17)15-6-7-18-12(8-15)10-2-4-11(14)5-3-10/h2-5,9,12H,6-8H2,1H3,(H,16,17)/t9-,12-/m0/s1. The van der Waals surface area contributed by atoms with Gasteiger partial charge in [-0.15, -0.1) is 0 Å². The van der Waals surface area contributed by atoms with E-state index < -0.39 is 12.0 Å². The summed E-state index contributed by atoms with van der Waals surface area (Å²) in [5.41, 5.74) is 1.03. The molecule has 0 amide bonds. The van der Waals surface area contributed by atoms with E-state index in [-0.39, 0.29) is 6.10 Å². The first-order chi connectivity index (χ1) is 8.58. The summed E-state index contributed by atoms with van der Waals surface area (Å²) in [5, 5.41) is 9.71. The van der Waals surface area contributed by atoms with Gasteiger partial charge in [0.2, 0.25) is 0 Å². The van der Waals surface area contributed by atoms with Crippen LogP contribution >= 0.6 is 11.6 Å². The van der Waals surface area contributed by atoms with Gasteiger partial charge in [0.1, 0.15) is 6.04 Å². The van der Waals surface area contributed by atoms with E-state index in [1.807, 2.05) is 29.2 Å². The number of carbonyl (C=O) groups is 1. The van der Waals surface area contributed by atoms with Gasteiger partial charge in [0.25, 0.3) is 0 Å². The van der Waals surface area contributed by atoms with Crippen molar-refractivity contribution in [2.75, 3.05) is 19.7 Å². The second kappa shape index (κ2) is 5.69. The molecule has 1 heterocycles. The number of hydrogen-bond donors (Lipinski definition) is 1. The predicted octanol–water partition coefficient (Wildman–Crippen LogP) is 2.19. The van der Waals surface area contributed by atoms with E-state index in [9.17, 15) is 4.79 Å². The minimum absolute atomic E-state index is 0.0854. The monoisotopic (exact) mass is 269 g/mol. The maximum Gasteiger partial charge on any atom is 0.320 e. The lowest BCUT2D eigenvalue weighted by Crippen LogP contribution is -2.46. The lowest BCUT2D eigenvalue weighted by atomic mass is 10.1. The van der Waals surface area contributed by atoms with Crippen LogP contribution in [0.1, 0.15) is 18.6 Å². The predicted molar refractivity (Wildman–Crippen MR) is 68.8 cm³/mol. The maximum atomic E-state index is 11.0. The summed E-state index contributed by atoms with van der Waals surface area (Å²) in [5.74, 6) is -0.799. The fraction of sp³-hybridized carbons (Fsp3) is 0.462. The molecule has 1 aromatic rings. The summed E-state index contributed by atoms with van der Waals surface area (Å²) >= 11 is 5.84. The van der Waals surface area contributed by atoms with Gasteiger partial charge in [0, 0.05) is 18.1 Å². The quantitative estimate of drug-likeness (QED) is 0.914. The lowest BCUT2D eigenvalue weighted by Gasteiger charge is -2.35. The molecule has 1 saturated heterocycles. The third-order valence-electron chi connectivity index (χ3n) is 3.24. The summed E-state index contributed by atoms with van der Waals surface area (Å²) in [7, 11) is 0. The average molecular weight is 270 g/mol. The lowest BCUT2D eigenvalue weighted by molar-refractivity contribution is -0.145. The number of hydrogen-bond acceptors (Lipinski definition) is 3. The molecule has 0 bridgehead atoms.